The van der Waals surface area contributed by atoms with Crippen LogP contribution in [0.1, 0.15) is 39.2 Å². The van der Waals surface area contributed by atoms with E-state index in [0.717, 1.165) is 4.90 Å². The topological polar surface area (TPSA) is 55.1 Å². The van der Waals surface area contributed by atoms with Crippen molar-refractivity contribution in [3.8, 4) is 0 Å². The predicted octanol–water partition coefficient (Wildman–Crippen LogP) is 2.92. The lowest BCUT2D eigenvalue weighted by molar-refractivity contribution is -0.121. The first kappa shape index (κ1) is 15.1. The largest absolute Gasteiger partial charge is 0.293 e. The van der Waals surface area contributed by atoms with E-state index in [-0.39, 0.29) is 17.1 Å². The highest BCUT2D eigenvalue weighted by Crippen LogP contribution is 2.29. The molecule has 1 aromatic rings. The number of hydrogen-bond donors (Lipinski definition) is 2. The van der Waals surface area contributed by atoms with Crippen molar-refractivity contribution in [1.82, 2.24) is 5.43 Å². The van der Waals surface area contributed by atoms with E-state index in [4.69, 9.17) is 5.84 Å². The number of hydrazine groups is 1. The van der Waals surface area contributed by atoms with Gasteiger partial charge in [0.25, 0.3) is 0 Å². The summed E-state index contributed by atoms with van der Waals surface area (Å²) in [4.78, 5) is 12.8. The Bertz CT molecular complexity index is 387. The smallest absolute Gasteiger partial charge is 0.247 e. The Morgan fingerprint density at radius 2 is 1.72 bits per heavy atom. The Morgan fingerprint density at radius 3 is 2.11 bits per heavy atom. The summed E-state index contributed by atoms with van der Waals surface area (Å²) in [5.41, 5.74) is 3.55. The average molecular weight is 266 g/mol. The van der Waals surface area contributed by atoms with Crippen LogP contribution in [0.25, 0.3) is 0 Å². The molecule has 0 aliphatic rings. The van der Waals surface area contributed by atoms with Crippen molar-refractivity contribution in [2.45, 2.75) is 43.8 Å². The third-order valence-corrected chi connectivity index (χ3v) is 4.37. The predicted molar refractivity (Wildman–Crippen MR) is 77.3 cm³/mol. The number of carbonyl (C=O) groups excluding carboxylic acids is 1. The third kappa shape index (κ3) is 4.03. The normalized spacial score (nSPS) is 12.8. The molecule has 1 aromatic carbocycles. The minimum absolute atomic E-state index is 0.122. The molecule has 100 valence electrons. The van der Waals surface area contributed by atoms with Crippen LogP contribution in [-0.2, 0) is 4.79 Å². The summed E-state index contributed by atoms with van der Waals surface area (Å²) in [5.74, 6) is 5.86. The molecule has 0 heterocycles. The number of nitrogens with one attached hydrogen (secondary N) is 1. The van der Waals surface area contributed by atoms with Crippen molar-refractivity contribution in [2.75, 3.05) is 0 Å². The van der Waals surface area contributed by atoms with Gasteiger partial charge in [0.2, 0.25) is 5.91 Å². The second-order valence-corrected chi connectivity index (χ2v) is 6.23. The van der Waals surface area contributed by atoms with Crippen LogP contribution in [0, 0.1) is 5.92 Å². The second kappa shape index (κ2) is 6.81. The summed E-state index contributed by atoms with van der Waals surface area (Å²) >= 11 is 1.56. The van der Waals surface area contributed by atoms with Gasteiger partial charge in [-0.05, 0) is 29.5 Å². The molecule has 0 aliphatic heterocycles. The van der Waals surface area contributed by atoms with Crippen molar-refractivity contribution in [1.29, 1.82) is 0 Å². The van der Waals surface area contributed by atoms with Gasteiger partial charge in [-0.3, -0.25) is 10.2 Å². The quantitative estimate of drug-likeness (QED) is 0.373. The van der Waals surface area contributed by atoms with Gasteiger partial charge in [0.05, 0.1) is 5.25 Å². The summed E-state index contributed by atoms with van der Waals surface area (Å²) < 4.78 is 0. The molecule has 0 saturated heterocycles. The monoisotopic (exact) mass is 266 g/mol. The maximum absolute atomic E-state index is 11.7. The summed E-state index contributed by atoms with van der Waals surface area (Å²) in [6.07, 6.45) is 0. The van der Waals surface area contributed by atoms with E-state index in [1.807, 2.05) is 13.8 Å². The molecule has 18 heavy (non-hydrogen) atoms. The molecule has 3 nitrogen and oxygen atoms in total. The van der Waals surface area contributed by atoms with Crippen molar-refractivity contribution >= 4 is 17.7 Å². The van der Waals surface area contributed by atoms with Crippen molar-refractivity contribution in [3.05, 3.63) is 29.8 Å². The van der Waals surface area contributed by atoms with Crippen LogP contribution in [0.15, 0.2) is 29.2 Å². The van der Waals surface area contributed by atoms with E-state index in [1.165, 1.54) is 5.56 Å². The highest BCUT2D eigenvalue weighted by atomic mass is 32.2. The molecule has 1 amide bonds. The van der Waals surface area contributed by atoms with Crippen LogP contribution in [0.4, 0.5) is 0 Å². The lowest BCUT2D eigenvalue weighted by Crippen LogP contribution is -2.39. The number of nitrogens with two attached hydrogens (primary N) is 1. The number of carbonyl (C=O) groups is 1. The van der Waals surface area contributed by atoms with E-state index in [9.17, 15) is 4.79 Å². The standard InChI is InChI=1S/C14H22N2OS/c1-9(2)11-5-7-12(8-6-11)18-13(10(3)4)14(17)16-15/h5-10,13H,15H2,1-4H3,(H,16,17). The van der Waals surface area contributed by atoms with E-state index in [1.54, 1.807) is 11.8 Å². The Labute approximate surface area is 113 Å². The minimum atomic E-state index is -0.153. The van der Waals surface area contributed by atoms with Gasteiger partial charge in [-0.15, -0.1) is 11.8 Å². The summed E-state index contributed by atoms with van der Waals surface area (Å²) in [6.45, 7) is 8.38. The van der Waals surface area contributed by atoms with Crippen LogP contribution in [-0.4, -0.2) is 11.2 Å². The molecule has 0 aliphatic carbocycles. The summed E-state index contributed by atoms with van der Waals surface area (Å²) in [5, 5.41) is -0.153. The first-order chi connectivity index (χ1) is 8.45. The van der Waals surface area contributed by atoms with Gasteiger partial charge in [0.15, 0.2) is 0 Å². The van der Waals surface area contributed by atoms with Crippen molar-refractivity contribution in [2.24, 2.45) is 11.8 Å². The van der Waals surface area contributed by atoms with Gasteiger partial charge in [-0.1, -0.05) is 39.8 Å². The third-order valence-electron chi connectivity index (χ3n) is 2.82. The number of rotatable bonds is 5. The molecule has 0 bridgehead atoms. The van der Waals surface area contributed by atoms with Crippen LogP contribution in [0.3, 0.4) is 0 Å². The van der Waals surface area contributed by atoms with Gasteiger partial charge in [0.1, 0.15) is 0 Å². The molecule has 0 fully saturated rings. The van der Waals surface area contributed by atoms with Crippen LogP contribution >= 0.6 is 11.8 Å². The molecule has 1 rings (SSSR count). The van der Waals surface area contributed by atoms with Gasteiger partial charge >= 0.3 is 0 Å². The highest BCUT2D eigenvalue weighted by Gasteiger charge is 2.22. The van der Waals surface area contributed by atoms with Gasteiger partial charge in [-0.2, -0.15) is 0 Å². The molecule has 0 spiro atoms. The van der Waals surface area contributed by atoms with Crippen molar-refractivity contribution < 1.29 is 4.79 Å². The number of amides is 1. The average Bonchev–Trinajstić information content (AvgIpc) is 2.35. The number of benzene rings is 1. The van der Waals surface area contributed by atoms with E-state index >= 15 is 0 Å². The van der Waals surface area contributed by atoms with Gasteiger partial charge < -0.3 is 0 Å². The molecular formula is C14H22N2OS. The second-order valence-electron chi connectivity index (χ2n) is 5.01. The maximum Gasteiger partial charge on any atom is 0.247 e. The van der Waals surface area contributed by atoms with Crippen LogP contribution in [0.5, 0.6) is 0 Å². The Hall–Kier alpha value is -1.00. The van der Waals surface area contributed by atoms with Crippen LogP contribution < -0.4 is 11.3 Å². The highest BCUT2D eigenvalue weighted by molar-refractivity contribution is 8.00. The Balaban J connectivity index is 2.78. The molecular weight excluding hydrogens is 244 g/mol. The zero-order chi connectivity index (χ0) is 13.7. The molecule has 1 unspecified atom stereocenters. The fourth-order valence-corrected chi connectivity index (χ4v) is 2.69. The lowest BCUT2D eigenvalue weighted by atomic mass is 10.0. The van der Waals surface area contributed by atoms with E-state index in [2.05, 4.69) is 43.5 Å². The fourth-order valence-electron chi connectivity index (χ4n) is 1.65. The molecule has 0 aromatic heterocycles. The minimum Gasteiger partial charge on any atom is -0.293 e. The number of hydrogen-bond acceptors (Lipinski definition) is 3. The molecule has 0 radical (unpaired) electrons. The summed E-state index contributed by atoms with van der Waals surface area (Å²) in [6, 6.07) is 8.37. The maximum atomic E-state index is 11.7. The molecule has 3 N–H and O–H groups in total. The van der Waals surface area contributed by atoms with E-state index < -0.39 is 0 Å². The van der Waals surface area contributed by atoms with E-state index in [0.29, 0.717) is 5.92 Å². The first-order valence-electron chi connectivity index (χ1n) is 6.22. The summed E-state index contributed by atoms with van der Waals surface area (Å²) in [7, 11) is 0. The Kier molecular flexibility index (Phi) is 5.69. The SMILES string of the molecule is CC(C)c1ccc(SC(C(=O)NN)C(C)C)cc1. The zero-order valence-electron chi connectivity index (χ0n) is 11.4. The van der Waals surface area contributed by atoms with Gasteiger partial charge in [-0.25, -0.2) is 5.84 Å². The number of thioether (sulfide) groups is 1. The Morgan fingerprint density at radius 1 is 1.17 bits per heavy atom. The zero-order valence-corrected chi connectivity index (χ0v) is 12.3. The van der Waals surface area contributed by atoms with Crippen LogP contribution in [0.2, 0.25) is 0 Å². The molecule has 1 atom stereocenters. The lowest BCUT2D eigenvalue weighted by Gasteiger charge is -2.18. The molecule has 0 saturated carbocycles. The molecule has 4 heteroatoms. The first-order valence-corrected chi connectivity index (χ1v) is 7.10. The van der Waals surface area contributed by atoms with Crippen molar-refractivity contribution in [3.63, 3.8) is 0 Å². The van der Waals surface area contributed by atoms with Gasteiger partial charge in [0, 0.05) is 4.90 Å². The fraction of sp³-hybridized carbons (Fsp3) is 0.500.